The SMILES string of the molecule is CC[N+](C)(C)CCOCCOCCOCCOC. The molecule has 0 heterocycles. The van der Waals surface area contributed by atoms with Crippen molar-refractivity contribution in [2.45, 2.75) is 6.92 Å². The molecule has 5 nitrogen and oxygen atoms in total. The third-order valence-corrected chi connectivity index (χ3v) is 2.87. The lowest BCUT2D eigenvalue weighted by molar-refractivity contribution is -0.888. The molecule has 110 valence electrons. The van der Waals surface area contributed by atoms with E-state index in [2.05, 4.69) is 21.0 Å². The van der Waals surface area contributed by atoms with Gasteiger partial charge >= 0.3 is 0 Å². The predicted molar refractivity (Wildman–Crippen MR) is 71.8 cm³/mol. The Morgan fingerprint density at radius 1 is 0.722 bits per heavy atom. The second-order valence-corrected chi connectivity index (χ2v) is 4.81. The molecule has 0 spiro atoms. The Morgan fingerprint density at radius 2 is 1.17 bits per heavy atom. The summed E-state index contributed by atoms with van der Waals surface area (Å²) in [6, 6.07) is 0. The molecule has 0 fully saturated rings. The Hall–Kier alpha value is -0.200. The molecule has 0 bridgehead atoms. The number of hydrogen-bond donors (Lipinski definition) is 0. The molecule has 0 amide bonds. The van der Waals surface area contributed by atoms with E-state index in [-0.39, 0.29) is 0 Å². The van der Waals surface area contributed by atoms with E-state index in [0.717, 1.165) is 24.2 Å². The number of quaternary nitrogens is 1. The minimum Gasteiger partial charge on any atom is -0.382 e. The van der Waals surface area contributed by atoms with Gasteiger partial charge in [0.15, 0.2) is 0 Å². The van der Waals surface area contributed by atoms with E-state index >= 15 is 0 Å². The summed E-state index contributed by atoms with van der Waals surface area (Å²) in [5.41, 5.74) is 0. The fraction of sp³-hybridized carbons (Fsp3) is 1.00. The highest BCUT2D eigenvalue weighted by Gasteiger charge is 2.10. The second-order valence-electron chi connectivity index (χ2n) is 4.81. The quantitative estimate of drug-likeness (QED) is 0.364. The Labute approximate surface area is 112 Å². The zero-order valence-electron chi connectivity index (χ0n) is 12.4. The van der Waals surface area contributed by atoms with Gasteiger partial charge in [-0.25, -0.2) is 0 Å². The highest BCUT2D eigenvalue weighted by molar-refractivity contribution is 4.35. The maximum absolute atomic E-state index is 5.52. The van der Waals surface area contributed by atoms with Crippen LogP contribution in [0.3, 0.4) is 0 Å². The van der Waals surface area contributed by atoms with Crippen molar-refractivity contribution >= 4 is 0 Å². The van der Waals surface area contributed by atoms with Gasteiger partial charge in [0.2, 0.25) is 0 Å². The van der Waals surface area contributed by atoms with Crippen LogP contribution in [-0.2, 0) is 18.9 Å². The highest BCUT2D eigenvalue weighted by atomic mass is 16.6. The molecule has 0 rings (SSSR count). The van der Waals surface area contributed by atoms with E-state index in [1.54, 1.807) is 7.11 Å². The maximum Gasteiger partial charge on any atom is 0.102 e. The van der Waals surface area contributed by atoms with Crippen molar-refractivity contribution in [1.29, 1.82) is 0 Å². The fourth-order valence-corrected chi connectivity index (χ4v) is 1.15. The van der Waals surface area contributed by atoms with Gasteiger partial charge in [-0.05, 0) is 6.92 Å². The van der Waals surface area contributed by atoms with Crippen molar-refractivity contribution in [3.05, 3.63) is 0 Å². The van der Waals surface area contributed by atoms with E-state index in [9.17, 15) is 0 Å². The van der Waals surface area contributed by atoms with Gasteiger partial charge in [-0.3, -0.25) is 0 Å². The molecule has 5 heteroatoms. The van der Waals surface area contributed by atoms with Gasteiger partial charge in [-0.15, -0.1) is 0 Å². The molecular weight excluding hydrogens is 234 g/mol. The van der Waals surface area contributed by atoms with Crippen LogP contribution in [-0.4, -0.2) is 85.0 Å². The molecule has 18 heavy (non-hydrogen) atoms. The molecule has 0 aliphatic rings. The van der Waals surface area contributed by atoms with E-state index in [1.807, 2.05) is 0 Å². The fourth-order valence-electron chi connectivity index (χ4n) is 1.15. The summed E-state index contributed by atoms with van der Waals surface area (Å²) in [5.74, 6) is 0. The molecule has 0 aromatic carbocycles. The summed E-state index contributed by atoms with van der Waals surface area (Å²) >= 11 is 0. The van der Waals surface area contributed by atoms with Gasteiger partial charge in [0.25, 0.3) is 0 Å². The normalized spacial score (nSPS) is 12.0. The summed E-state index contributed by atoms with van der Waals surface area (Å²) in [4.78, 5) is 0. The summed E-state index contributed by atoms with van der Waals surface area (Å²) in [5, 5.41) is 0. The standard InChI is InChI=1S/C13H30NO4/c1-5-14(2,3)6-7-16-10-11-18-13-12-17-9-8-15-4/h5-13H2,1-4H3/q+1. The van der Waals surface area contributed by atoms with Crippen molar-refractivity contribution in [2.75, 3.05) is 80.5 Å². The molecular formula is C13H30NO4+. The topological polar surface area (TPSA) is 36.9 Å². The summed E-state index contributed by atoms with van der Waals surface area (Å²) in [7, 11) is 6.07. The minimum atomic E-state index is 0.614. The van der Waals surface area contributed by atoms with Gasteiger partial charge in [-0.1, -0.05) is 0 Å². The summed E-state index contributed by atoms with van der Waals surface area (Å²) < 4.78 is 22.0. The van der Waals surface area contributed by atoms with Gasteiger partial charge in [0.05, 0.1) is 66.9 Å². The monoisotopic (exact) mass is 264 g/mol. The van der Waals surface area contributed by atoms with Gasteiger partial charge in [-0.2, -0.15) is 0 Å². The Kier molecular flexibility index (Phi) is 11.7. The van der Waals surface area contributed by atoms with Crippen LogP contribution in [0.1, 0.15) is 6.92 Å². The van der Waals surface area contributed by atoms with Crippen molar-refractivity contribution < 1.29 is 23.4 Å². The molecule has 0 unspecified atom stereocenters. The van der Waals surface area contributed by atoms with Crippen molar-refractivity contribution in [3.8, 4) is 0 Å². The molecule has 0 saturated carbocycles. The first-order chi connectivity index (χ1) is 8.62. The molecule has 0 saturated heterocycles. The number of methoxy groups -OCH3 is 1. The number of rotatable bonds is 13. The lowest BCUT2D eigenvalue weighted by atomic mass is 10.4. The zero-order chi connectivity index (χ0) is 13.7. The Bertz CT molecular complexity index is 176. The zero-order valence-corrected chi connectivity index (χ0v) is 12.4. The van der Waals surface area contributed by atoms with Gasteiger partial charge in [0.1, 0.15) is 6.54 Å². The van der Waals surface area contributed by atoms with Crippen LogP contribution in [0, 0.1) is 0 Å². The van der Waals surface area contributed by atoms with Crippen LogP contribution < -0.4 is 0 Å². The molecule has 0 radical (unpaired) electrons. The van der Waals surface area contributed by atoms with E-state index in [4.69, 9.17) is 18.9 Å². The van der Waals surface area contributed by atoms with E-state index in [1.165, 1.54) is 0 Å². The first kappa shape index (κ1) is 17.8. The first-order valence-corrected chi connectivity index (χ1v) is 6.66. The average Bonchev–Trinajstić information content (AvgIpc) is 2.36. The minimum absolute atomic E-state index is 0.614. The van der Waals surface area contributed by atoms with Crippen LogP contribution in [0.5, 0.6) is 0 Å². The smallest absolute Gasteiger partial charge is 0.102 e. The molecule has 0 aromatic heterocycles. The number of likely N-dealkylation sites (N-methyl/N-ethyl adjacent to an activating group) is 1. The third-order valence-electron chi connectivity index (χ3n) is 2.87. The number of ether oxygens (including phenoxy) is 4. The summed E-state index contributed by atoms with van der Waals surface area (Å²) in [6.07, 6.45) is 0. The van der Waals surface area contributed by atoms with E-state index < -0.39 is 0 Å². The Morgan fingerprint density at radius 3 is 1.61 bits per heavy atom. The van der Waals surface area contributed by atoms with Gasteiger partial charge < -0.3 is 23.4 Å². The lowest BCUT2D eigenvalue weighted by Gasteiger charge is -2.27. The highest BCUT2D eigenvalue weighted by Crippen LogP contribution is 1.94. The van der Waals surface area contributed by atoms with Crippen LogP contribution in [0.15, 0.2) is 0 Å². The van der Waals surface area contributed by atoms with Gasteiger partial charge in [0, 0.05) is 7.11 Å². The largest absolute Gasteiger partial charge is 0.382 e. The molecule has 0 atom stereocenters. The number of hydrogen-bond acceptors (Lipinski definition) is 4. The lowest BCUT2D eigenvalue weighted by Crippen LogP contribution is -2.42. The second kappa shape index (κ2) is 11.9. The third kappa shape index (κ3) is 12.3. The Balaban J connectivity index is 3.08. The van der Waals surface area contributed by atoms with E-state index in [0.29, 0.717) is 39.6 Å². The summed E-state index contributed by atoms with van der Waals surface area (Å²) in [6.45, 7) is 8.91. The molecule has 0 aliphatic carbocycles. The first-order valence-electron chi connectivity index (χ1n) is 6.66. The van der Waals surface area contributed by atoms with Crippen LogP contribution in [0.4, 0.5) is 0 Å². The molecule has 0 N–H and O–H groups in total. The molecule has 0 aliphatic heterocycles. The van der Waals surface area contributed by atoms with Crippen LogP contribution in [0.25, 0.3) is 0 Å². The van der Waals surface area contributed by atoms with Crippen LogP contribution in [0.2, 0.25) is 0 Å². The van der Waals surface area contributed by atoms with Crippen LogP contribution >= 0.6 is 0 Å². The molecule has 0 aromatic rings. The van der Waals surface area contributed by atoms with Crippen molar-refractivity contribution in [1.82, 2.24) is 0 Å². The number of nitrogens with zero attached hydrogens (tertiary/aromatic N) is 1. The maximum atomic E-state index is 5.52. The average molecular weight is 264 g/mol. The predicted octanol–water partition coefficient (Wildman–Crippen LogP) is 0.779. The van der Waals surface area contributed by atoms with Crippen molar-refractivity contribution in [3.63, 3.8) is 0 Å². The van der Waals surface area contributed by atoms with Crippen molar-refractivity contribution in [2.24, 2.45) is 0 Å².